The molecule has 2 saturated heterocycles. The highest BCUT2D eigenvalue weighted by atomic mass is 16.3. The first-order chi connectivity index (χ1) is 6.93. The van der Waals surface area contributed by atoms with Gasteiger partial charge >= 0.3 is 0 Å². The number of hydrogen-bond donors (Lipinski definition) is 2. The van der Waals surface area contributed by atoms with Gasteiger partial charge in [-0.3, -0.25) is 0 Å². The summed E-state index contributed by atoms with van der Waals surface area (Å²) < 4.78 is 0. The van der Waals surface area contributed by atoms with Crippen LogP contribution in [0.1, 0.15) is 32.1 Å². The largest absolute Gasteiger partial charge is 0.396 e. The van der Waals surface area contributed by atoms with Crippen molar-refractivity contribution in [2.24, 2.45) is 0 Å². The molecule has 3 nitrogen and oxygen atoms in total. The molecule has 2 rings (SSSR count). The number of hydrogen-bond acceptors (Lipinski definition) is 3. The molecular formula is C11H24N2O. The Morgan fingerprint density at radius 2 is 1.64 bits per heavy atom. The van der Waals surface area contributed by atoms with E-state index in [1.807, 2.05) is 0 Å². The number of nitrogens with zero attached hydrogens (tertiary/aromatic N) is 1. The van der Waals surface area contributed by atoms with E-state index >= 15 is 0 Å². The standard InChI is InChI=1S/C7H15NO.C4H9N/c9-7-3-6-8-4-1-2-5-8;1-2-4-5-3-1/h9H,1-7H2;5H,1-4H2. The number of aliphatic hydroxyl groups excluding tert-OH is 1. The average molecular weight is 200 g/mol. The molecule has 14 heavy (non-hydrogen) atoms. The van der Waals surface area contributed by atoms with E-state index in [1.165, 1.54) is 51.9 Å². The minimum atomic E-state index is 0.344. The predicted molar refractivity (Wildman–Crippen MR) is 59.5 cm³/mol. The molecule has 0 radical (unpaired) electrons. The molecule has 2 heterocycles. The summed E-state index contributed by atoms with van der Waals surface area (Å²) in [5, 5.41) is 11.7. The second kappa shape index (κ2) is 8.21. The molecule has 2 fully saturated rings. The highest BCUT2D eigenvalue weighted by Crippen LogP contribution is 2.06. The first-order valence-electron chi connectivity index (χ1n) is 5.97. The van der Waals surface area contributed by atoms with Gasteiger partial charge in [0.2, 0.25) is 0 Å². The number of rotatable bonds is 3. The third kappa shape index (κ3) is 5.58. The zero-order valence-electron chi connectivity index (χ0n) is 9.17. The van der Waals surface area contributed by atoms with E-state index < -0.39 is 0 Å². The van der Waals surface area contributed by atoms with Crippen LogP contribution in [-0.4, -0.2) is 49.3 Å². The van der Waals surface area contributed by atoms with Crippen molar-refractivity contribution in [1.82, 2.24) is 10.2 Å². The fourth-order valence-electron chi connectivity index (χ4n) is 1.93. The lowest BCUT2D eigenvalue weighted by molar-refractivity contribution is 0.248. The molecule has 0 atom stereocenters. The normalized spacial score (nSPS) is 22.1. The quantitative estimate of drug-likeness (QED) is 0.708. The SMILES string of the molecule is C1CCNC1.OCCCN1CCCC1. The Morgan fingerprint density at radius 3 is 2.07 bits per heavy atom. The molecule has 0 bridgehead atoms. The summed E-state index contributed by atoms with van der Waals surface area (Å²) in [7, 11) is 0. The lowest BCUT2D eigenvalue weighted by Crippen LogP contribution is -2.20. The summed E-state index contributed by atoms with van der Waals surface area (Å²) in [6.45, 7) is 6.44. The van der Waals surface area contributed by atoms with Crippen molar-refractivity contribution in [3.8, 4) is 0 Å². The lowest BCUT2D eigenvalue weighted by Gasteiger charge is -2.12. The zero-order chi connectivity index (χ0) is 10.1. The van der Waals surface area contributed by atoms with Crippen molar-refractivity contribution in [3.05, 3.63) is 0 Å². The molecule has 0 unspecified atom stereocenters. The summed E-state index contributed by atoms with van der Waals surface area (Å²) in [5.41, 5.74) is 0. The summed E-state index contributed by atoms with van der Waals surface area (Å²) in [6.07, 6.45) is 6.43. The van der Waals surface area contributed by atoms with Crippen LogP contribution < -0.4 is 5.32 Å². The van der Waals surface area contributed by atoms with Crippen LogP contribution in [0.4, 0.5) is 0 Å². The molecule has 3 heteroatoms. The summed E-state index contributed by atoms with van der Waals surface area (Å²) in [6, 6.07) is 0. The third-order valence-corrected chi connectivity index (χ3v) is 2.79. The Hall–Kier alpha value is -0.120. The van der Waals surface area contributed by atoms with Gasteiger partial charge in [-0.2, -0.15) is 0 Å². The molecule has 2 aliphatic rings. The van der Waals surface area contributed by atoms with E-state index in [9.17, 15) is 0 Å². The maximum atomic E-state index is 8.50. The fraction of sp³-hybridized carbons (Fsp3) is 1.00. The number of likely N-dealkylation sites (tertiary alicyclic amines) is 1. The highest BCUT2D eigenvalue weighted by Gasteiger charge is 2.09. The van der Waals surface area contributed by atoms with Crippen LogP contribution >= 0.6 is 0 Å². The van der Waals surface area contributed by atoms with Gasteiger partial charge in [-0.05, 0) is 58.3 Å². The van der Waals surface area contributed by atoms with E-state index in [4.69, 9.17) is 5.11 Å². The molecular weight excluding hydrogens is 176 g/mol. The lowest BCUT2D eigenvalue weighted by atomic mass is 10.4. The van der Waals surface area contributed by atoms with Gasteiger partial charge in [0, 0.05) is 13.2 Å². The van der Waals surface area contributed by atoms with Crippen molar-refractivity contribution >= 4 is 0 Å². The van der Waals surface area contributed by atoms with Crippen molar-refractivity contribution in [3.63, 3.8) is 0 Å². The molecule has 0 spiro atoms. The van der Waals surface area contributed by atoms with E-state index in [1.54, 1.807) is 0 Å². The molecule has 0 saturated carbocycles. The third-order valence-electron chi connectivity index (χ3n) is 2.79. The van der Waals surface area contributed by atoms with E-state index in [0.29, 0.717) is 6.61 Å². The van der Waals surface area contributed by atoms with Gasteiger partial charge in [0.15, 0.2) is 0 Å². The van der Waals surface area contributed by atoms with E-state index in [0.717, 1.165) is 13.0 Å². The van der Waals surface area contributed by atoms with Crippen LogP contribution in [-0.2, 0) is 0 Å². The second-order valence-electron chi connectivity index (χ2n) is 4.08. The summed E-state index contributed by atoms with van der Waals surface area (Å²) in [5.74, 6) is 0. The van der Waals surface area contributed by atoms with Crippen molar-refractivity contribution in [2.45, 2.75) is 32.1 Å². The highest BCUT2D eigenvalue weighted by molar-refractivity contribution is 4.64. The van der Waals surface area contributed by atoms with Crippen LogP contribution in [0.5, 0.6) is 0 Å². The van der Waals surface area contributed by atoms with Crippen LogP contribution in [0.2, 0.25) is 0 Å². The molecule has 0 amide bonds. The first-order valence-corrected chi connectivity index (χ1v) is 5.97. The monoisotopic (exact) mass is 200 g/mol. The Balaban J connectivity index is 0.000000165. The van der Waals surface area contributed by atoms with Gasteiger partial charge in [0.25, 0.3) is 0 Å². The number of aliphatic hydroxyl groups is 1. The predicted octanol–water partition coefficient (Wildman–Crippen LogP) is 0.834. The van der Waals surface area contributed by atoms with E-state index in [2.05, 4.69) is 10.2 Å². The van der Waals surface area contributed by atoms with Crippen molar-refractivity contribution in [2.75, 3.05) is 39.3 Å². The Kier molecular flexibility index (Phi) is 7.01. The van der Waals surface area contributed by atoms with Gasteiger partial charge < -0.3 is 15.3 Å². The molecule has 2 aliphatic heterocycles. The van der Waals surface area contributed by atoms with Gasteiger partial charge in [0.05, 0.1) is 0 Å². The maximum absolute atomic E-state index is 8.50. The maximum Gasteiger partial charge on any atom is 0.0443 e. The first kappa shape index (κ1) is 12.0. The summed E-state index contributed by atoms with van der Waals surface area (Å²) in [4.78, 5) is 2.41. The van der Waals surface area contributed by atoms with Gasteiger partial charge in [-0.25, -0.2) is 0 Å². The molecule has 84 valence electrons. The van der Waals surface area contributed by atoms with Crippen LogP contribution in [0.15, 0.2) is 0 Å². The minimum Gasteiger partial charge on any atom is -0.396 e. The molecule has 2 N–H and O–H groups in total. The Labute approximate surface area is 87.5 Å². The molecule has 0 aromatic rings. The molecule has 0 aliphatic carbocycles. The van der Waals surface area contributed by atoms with E-state index in [-0.39, 0.29) is 0 Å². The van der Waals surface area contributed by atoms with Gasteiger partial charge in [0.1, 0.15) is 0 Å². The Morgan fingerprint density at radius 1 is 1.00 bits per heavy atom. The topological polar surface area (TPSA) is 35.5 Å². The number of nitrogens with one attached hydrogen (secondary N) is 1. The van der Waals surface area contributed by atoms with Crippen LogP contribution in [0.25, 0.3) is 0 Å². The second-order valence-corrected chi connectivity index (χ2v) is 4.08. The summed E-state index contributed by atoms with van der Waals surface area (Å²) >= 11 is 0. The Bertz CT molecular complexity index is 113. The van der Waals surface area contributed by atoms with Crippen LogP contribution in [0.3, 0.4) is 0 Å². The average Bonchev–Trinajstić information content (AvgIpc) is 2.90. The minimum absolute atomic E-state index is 0.344. The fourth-order valence-corrected chi connectivity index (χ4v) is 1.93. The van der Waals surface area contributed by atoms with Crippen molar-refractivity contribution in [1.29, 1.82) is 0 Å². The smallest absolute Gasteiger partial charge is 0.0443 e. The van der Waals surface area contributed by atoms with Gasteiger partial charge in [-0.1, -0.05) is 0 Å². The van der Waals surface area contributed by atoms with Gasteiger partial charge in [-0.15, -0.1) is 0 Å². The van der Waals surface area contributed by atoms with Crippen molar-refractivity contribution < 1.29 is 5.11 Å². The molecule has 0 aromatic carbocycles. The molecule has 0 aromatic heterocycles. The van der Waals surface area contributed by atoms with Crippen LogP contribution in [0, 0.1) is 0 Å². The zero-order valence-corrected chi connectivity index (χ0v) is 9.17.